The van der Waals surface area contributed by atoms with Crippen molar-refractivity contribution in [3.05, 3.63) is 21.3 Å². The third-order valence-corrected chi connectivity index (χ3v) is 3.27. The molecule has 0 aliphatic carbocycles. The maximum atomic E-state index is 11.6. The second-order valence-corrected chi connectivity index (χ2v) is 5.29. The van der Waals surface area contributed by atoms with Gasteiger partial charge in [-0.05, 0) is 19.4 Å². The lowest BCUT2D eigenvalue weighted by atomic mass is 10.4. The molecule has 0 aliphatic heterocycles. The van der Waals surface area contributed by atoms with Gasteiger partial charge in [0, 0.05) is 0 Å². The molecule has 118 valence electrons. The Morgan fingerprint density at radius 1 is 1.33 bits per heavy atom. The highest BCUT2D eigenvalue weighted by Gasteiger charge is 2.14. The Labute approximate surface area is 138 Å². The number of carbonyl (C=O) groups excluding carboxylic acids is 1. The number of nitrogens with zero attached hydrogens (tertiary/aromatic N) is 1. The highest BCUT2D eigenvalue weighted by Crippen LogP contribution is 2.30. The number of unbranched alkanes of at least 4 members (excludes halogenated alkanes) is 1. The third-order valence-electron chi connectivity index (χ3n) is 2.33. The molecule has 1 rings (SSSR count). The Morgan fingerprint density at radius 2 is 2.05 bits per heavy atom. The molecule has 0 bridgehead atoms. The lowest BCUT2D eigenvalue weighted by Gasteiger charge is -2.14. The zero-order valence-corrected chi connectivity index (χ0v) is 14.0. The van der Waals surface area contributed by atoms with Crippen molar-refractivity contribution in [2.45, 2.75) is 33.0 Å². The zero-order valence-electron chi connectivity index (χ0n) is 11.7. The lowest BCUT2D eigenvalue weighted by Crippen LogP contribution is -2.23. The maximum absolute atomic E-state index is 11.6. The number of hydrogen-bond acceptors (Lipinski definition) is 5. The standard InChI is InChI=1S/C13H16Cl3NO4/c1-3-4-5-19-8(2)21-11(18)7-20-13-10(15)6-9(14)12(16)17-13/h6,8H,3-5,7H2,1-2H3. The van der Waals surface area contributed by atoms with Crippen LogP contribution in [0.15, 0.2) is 6.07 Å². The summed E-state index contributed by atoms with van der Waals surface area (Å²) >= 11 is 17.3. The fourth-order valence-electron chi connectivity index (χ4n) is 1.30. The van der Waals surface area contributed by atoms with E-state index in [4.69, 9.17) is 49.0 Å². The fourth-order valence-corrected chi connectivity index (χ4v) is 1.85. The molecule has 0 saturated carbocycles. The van der Waals surface area contributed by atoms with Crippen LogP contribution in [-0.2, 0) is 14.3 Å². The van der Waals surface area contributed by atoms with E-state index in [1.165, 1.54) is 6.07 Å². The second kappa shape index (κ2) is 9.30. The fraction of sp³-hybridized carbons (Fsp3) is 0.538. The van der Waals surface area contributed by atoms with E-state index in [1.54, 1.807) is 6.92 Å². The van der Waals surface area contributed by atoms with Crippen molar-refractivity contribution in [1.82, 2.24) is 4.98 Å². The van der Waals surface area contributed by atoms with Gasteiger partial charge < -0.3 is 14.2 Å². The molecule has 1 aromatic rings. The summed E-state index contributed by atoms with van der Waals surface area (Å²) in [5.74, 6) is -0.578. The van der Waals surface area contributed by atoms with Crippen LogP contribution in [0.4, 0.5) is 0 Å². The molecule has 5 nitrogen and oxygen atoms in total. The van der Waals surface area contributed by atoms with E-state index in [-0.39, 0.29) is 27.7 Å². The summed E-state index contributed by atoms with van der Waals surface area (Å²) in [6.07, 6.45) is 1.27. The van der Waals surface area contributed by atoms with Gasteiger partial charge in [-0.3, -0.25) is 0 Å². The minimum absolute atomic E-state index is 0.0163. The molecule has 0 aliphatic rings. The molecule has 1 unspecified atom stereocenters. The average Bonchev–Trinajstić information content (AvgIpc) is 2.41. The Kier molecular flexibility index (Phi) is 8.11. The van der Waals surface area contributed by atoms with Crippen LogP contribution in [0.5, 0.6) is 5.88 Å². The van der Waals surface area contributed by atoms with Gasteiger partial charge in [0.25, 0.3) is 0 Å². The summed E-state index contributed by atoms with van der Waals surface area (Å²) in [4.78, 5) is 15.4. The van der Waals surface area contributed by atoms with Crippen molar-refractivity contribution >= 4 is 40.8 Å². The lowest BCUT2D eigenvalue weighted by molar-refractivity contribution is -0.177. The molecule has 21 heavy (non-hydrogen) atoms. The zero-order chi connectivity index (χ0) is 15.8. The molecule has 0 aromatic carbocycles. The Balaban J connectivity index is 2.41. The van der Waals surface area contributed by atoms with Crippen LogP contribution in [0.3, 0.4) is 0 Å². The van der Waals surface area contributed by atoms with Crippen LogP contribution >= 0.6 is 34.8 Å². The SMILES string of the molecule is CCCCOC(C)OC(=O)COc1nc(Cl)c(Cl)cc1Cl. The van der Waals surface area contributed by atoms with Gasteiger partial charge in [-0.1, -0.05) is 48.1 Å². The van der Waals surface area contributed by atoms with Gasteiger partial charge in [0.15, 0.2) is 18.1 Å². The number of hydrogen-bond donors (Lipinski definition) is 0. The van der Waals surface area contributed by atoms with E-state index < -0.39 is 12.3 Å². The predicted molar refractivity (Wildman–Crippen MR) is 81.2 cm³/mol. The molecular formula is C13H16Cl3NO4. The molecule has 0 amide bonds. The summed E-state index contributed by atoms with van der Waals surface area (Å²) in [6, 6.07) is 1.38. The van der Waals surface area contributed by atoms with E-state index in [9.17, 15) is 4.79 Å². The highest BCUT2D eigenvalue weighted by molar-refractivity contribution is 6.42. The third kappa shape index (κ3) is 6.70. The van der Waals surface area contributed by atoms with Crippen LogP contribution < -0.4 is 4.74 Å². The number of pyridine rings is 1. The molecule has 0 radical (unpaired) electrons. The Morgan fingerprint density at radius 3 is 2.71 bits per heavy atom. The normalized spacial score (nSPS) is 12.0. The van der Waals surface area contributed by atoms with Gasteiger partial charge in [-0.2, -0.15) is 4.98 Å². The number of ether oxygens (including phenoxy) is 3. The molecule has 0 spiro atoms. The summed E-state index contributed by atoms with van der Waals surface area (Å²) < 4.78 is 15.4. The first kappa shape index (κ1) is 18.3. The molecular weight excluding hydrogens is 341 g/mol. The summed E-state index contributed by atoms with van der Waals surface area (Å²) in [6.45, 7) is 3.86. The number of aromatic nitrogens is 1. The first-order valence-electron chi connectivity index (χ1n) is 6.39. The molecule has 1 aromatic heterocycles. The van der Waals surface area contributed by atoms with Crippen molar-refractivity contribution in [3.8, 4) is 5.88 Å². The van der Waals surface area contributed by atoms with Crippen LogP contribution in [-0.4, -0.2) is 30.5 Å². The molecule has 0 saturated heterocycles. The number of rotatable bonds is 8. The average molecular weight is 357 g/mol. The van der Waals surface area contributed by atoms with Gasteiger partial charge >= 0.3 is 5.97 Å². The first-order chi connectivity index (χ1) is 9.93. The summed E-state index contributed by atoms with van der Waals surface area (Å²) in [5.41, 5.74) is 0. The molecule has 0 fully saturated rings. The Bertz CT molecular complexity index is 485. The van der Waals surface area contributed by atoms with Crippen LogP contribution in [0.2, 0.25) is 15.2 Å². The topological polar surface area (TPSA) is 57.7 Å². The molecule has 8 heteroatoms. The minimum Gasteiger partial charge on any atom is -0.465 e. The first-order valence-corrected chi connectivity index (χ1v) is 7.52. The van der Waals surface area contributed by atoms with E-state index in [1.807, 2.05) is 6.92 Å². The number of carbonyl (C=O) groups is 1. The number of halogens is 3. The van der Waals surface area contributed by atoms with Crippen molar-refractivity contribution in [3.63, 3.8) is 0 Å². The van der Waals surface area contributed by atoms with E-state index in [0.717, 1.165) is 12.8 Å². The monoisotopic (exact) mass is 355 g/mol. The molecule has 1 atom stereocenters. The van der Waals surface area contributed by atoms with E-state index in [0.29, 0.717) is 6.61 Å². The van der Waals surface area contributed by atoms with Gasteiger partial charge in [-0.15, -0.1) is 0 Å². The quantitative estimate of drug-likeness (QED) is 0.303. The van der Waals surface area contributed by atoms with Gasteiger partial charge in [0.1, 0.15) is 5.02 Å². The largest absolute Gasteiger partial charge is 0.465 e. The van der Waals surface area contributed by atoms with Crippen molar-refractivity contribution in [2.24, 2.45) is 0 Å². The summed E-state index contributed by atoms with van der Waals surface area (Å²) in [7, 11) is 0. The smallest absolute Gasteiger partial charge is 0.346 e. The van der Waals surface area contributed by atoms with Crippen molar-refractivity contribution < 1.29 is 19.0 Å². The maximum Gasteiger partial charge on any atom is 0.346 e. The highest BCUT2D eigenvalue weighted by atomic mass is 35.5. The van der Waals surface area contributed by atoms with Gasteiger partial charge in [0.05, 0.1) is 11.6 Å². The second-order valence-electron chi connectivity index (χ2n) is 4.12. The molecule has 1 heterocycles. The van der Waals surface area contributed by atoms with Crippen LogP contribution in [0.25, 0.3) is 0 Å². The Hall–Kier alpha value is -0.750. The molecule has 0 N–H and O–H groups in total. The van der Waals surface area contributed by atoms with E-state index in [2.05, 4.69) is 4.98 Å². The van der Waals surface area contributed by atoms with Crippen molar-refractivity contribution in [2.75, 3.05) is 13.2 Å². The van der Waals surface area contributed by atoms with Gasteiger partial charge in [0.2, 0.25) is 5.88 Å². The minimum atomic E-state index is -0.634. The van der Waals surface area contributed by atoms with Crippen molar-refractivity contribution in [1.29, 1.82) is 0 Å². The van der Waals surface area contributed by atoms with Gasteiger partial charge in [-0.25, -0.2) is 4.79 Å². The predicted octanol–water partition coefficient (Wildman–Crippen LogP) is 4.13. The van der Waals surface area contributed by atoms with Crippen LogP contribution in [0, 0.1) is 0 Å². The number of esters is 1. The van der Waals surface area contributed by atoms with Crippen LogP contribution in [0.1, 0.15) is 26.7 Å². The summed E-state index contributed by atoms with van der Waals surface area (Å²) in [5, 5.41) is 0.402. The van der Waals surface area contributed by atoms with E-state index >= 15 is 0 Å².